The van der Waals surface area contributed by atoms with Crippen molar-refractivity contribution in [3.8, 4) is 5.75 Å². The molecule has 1 aromatic rings. The van der Waals surface area contributed by atoms with E-state index in [1.165, 1.54) is 25.7 Å². The van der Waals surface area contributed by atoms with Gasteiger partial charge in [0, 0.05) is 12.2 Å². The normalized spacial score (nSPS) is 13.5. The van der Waals surface area contributed by atoms with Crippen molar-refractivity contribution in [2.75, 3.05) is 6.61 Å². The molecule has 0 saturated heterocycles. The summed E-state index contributed by atoms with van der Waals surface area (Å²) in [4.78, 5) is 11.6. The highest BCUT2D eigenvalue weighted by Crippen LogP contribution is 2.45. The van der Waals surface area contributed by atoms with Gasteiger partial charge >= 0.3 is 5.97 Å². The van der Waals surface area contributed by atoms with E-state index < -0.39 is 5.97 Å². The highest BCUT2D eigenvalue weighted by atomic mass is 16.5. The Labute approximate surface area is 184 Å². The molecule has 30 heavy (non-hydrogen) atoms. The van der Waals surface area contributed by atoms with Crippen LogP contribution in [-0.2, 0) is 26.8 Å². The lowest BCUT2D eigenvalue weighted by molar-refractivity contribution is -0.136. The number of phenols is 1. The third-order valence-corrected chi connectivity index (χ3v) is 5.60. The van der Waals surface area contributed by atoms with Crippen LogP contribution in [0.4, 0.5) is 0 Å². The molecule has 0 fully saturated rings. The van der Waals surface area contributed by atoms with Crippen molar-refractivity contribution >= 4 is 5.97 Å². The van der Waals surface area contributed by atoms with E-state index in [1.807, 2.05) is 33.8 Å². The predicted molar refractivity (Wildman–Crippen MR) is 125 cm³/mol. The molecule has 2 N–H and O–H groups in total. The SMILES string of the molecule is CCCCCCCCOC(C)c1c(CC(=O)O)cc(C(C)(C)C)c(O)c1C(C)(C)C. The summed E-state index contributed by atoms with van der Waals surface area (Å²) in [6.07, 6.45) is 6.81. The Kier molecular flexibility index (Phi) is 9.87. The van der Waals surface area contributed by atoms with Crippen molar-refractivity contribution in [3.63, 3.8) is 0 Å². The van der Waals surface area contributed by atoms with Crippen LogP contribution in [0.15, 0.2) is 6.07 Å². The zero-order valence-corrected chi connectivity index (χ0v) is 20.5. The molecule has 1 atom stereocenters. The van der Waals surface area contributed by atoms with Crippen molar-refractivity contribution in [1.29, 1.82) is 0 Å². The fourth-order valence-electron chi connectivity index (χ4n) is 4.07. The third kappa shape index (κ3) is 7.61. The van der Waals surface area contributed by atoms with E-state index >= 15 is 0 Å². The lowest BCUT2D eigenvalue weighted by atomic mass is 9.74. The van der Waals surface area contributed by atoms with Crippen LogP contribution in [-0.4, -0.2) is 22.8 Å². The van der Waals surface area contributed by atoms with Crippen LogP contribution in [0.1, 0.15) is 122 Å². The highest BCUT2D eigenvalue weighted by molar-refractivity contribution is 5.72. The molecular formula is C26H44O4. The molecule has 1 aromatic carbocycles. The minimum absolute atomic E-state index is 0.0769. The van der Waals surface area contributed by atoms with Crippen LogP contribution in [0.2, 0.25) is 0 Å². The van der Waals surface area contributed by atoms with Gasteiger partial charge in [0.05, 0.1) is 12.5 Å². The maximum atomic E-state index is 11.6. The number of aromatic hydroxyl groups is 1. The monoisotopic (exact) mass is 420 g/mol. The fraction of sp³-hybridized carbons (Fsp3) is 0.731. The first kappa shape index (κ1) is 26.5. The first-order valence-corrected chi connectivity index (χ1v) is 11.5. The van der Waals surface area contributed by atoms with Crippen molar-refractivity contribution in [3.05, 3.63) is 28.3 Å². The molecule has 4 heteroatoms. The van der Waals surface area contributed by atoms with Gasteiger partial charge in [0.25, 0.3) is 0 Å². The lowest BCUT2D eigenvalue weighted by Gasteiger charge is -2.33. The number of rotatable bonds is 11. The quantitative estimate of drug-likeness (QED) is 0.376. The van der Waals surface area contributed by atoms with Gasteiger partial charge in [-0.05, 0) is 40.9 Å². The molecule has 0 amide bonds. The van der Waals surface area contributed by atoms with Gasteiger partial charge in [0.2, 0.25) is 0 Å². The van der Waals surface area contributed by atoms with Crippen LogP contribution >= 0.6 is 0 Å². The second-order valence-corrected chi connectivity index (χ2v) is 10.6. The molecule has 172 valence electrons. The molecule has 0 radical (unpaired) electrons. The Hall–Kier alpha value is -1.55. The van der Waals surface area contributed by atoms with Gasteiger partial charge in [-0.1, -0.05) is 86.6 Å². The van der Waals surface area contributed by atoms with Crippen LogP contribution in [0.3, 0.4) is 0 Å². The Morgan fingerprint density at radius 2 is 1.57 bits per heavy atom. The summed E-state index contributed by atoms with van der Waals surface area (Å²) < 4.78 is 6.17. The number of carboxylic acids is 1. The van der Waals surface area contributed by atoms with E-state index in [-0.39, 0.29) is 29.1 Å². The van der Waals surface area contributed by atoms with E-state index in [4.69, 9.17) is 4.74 Å². The molecule has 0 saturated carbocycles. The largest absolute Gasteiger partial charge is 0.507 e. The predicted octanol–water partition coefficient (Wildman–Crippen LogP) is 7.05. The number of aliphatic carboxylic acids is 1. The Balaban J connectivity index is 3.26. The summed E-state index contributed by atoms with van der Waals surface area (Å²) >= 11 is 0. The average molecular weight is 421 g/mol. The van der Waals surface area contributed by atoms with Crippen molar-refractivity contribution < 1.29 is 19.7 Å². The van der Waals surface area contributed by atoms with Gasteiger partial charge < -0.3 is 14.9 Å². The number of hydrogen-bond donors (Lipinski definition) is 2. The first-order valence-electron chi connectivity index (χ1n) is 11.5. The minimum atomic E-state index is -0.871. The van der Waals surface area contributed by atoms with E-state index in [9.17, 15) is 15.0 Å². The lowest BCUT2D eigenvalue weighted by Crippen LogP contribution is -2.23. The third-order valence-electron chi connectivity index (χ3n) is 5.60. The highest BCUT2D eigenvalue weighted by Gasteiger charge is 2.32. The number of phenolic OH excluding ortho intramolecular Hbond substituents is 1. The van der Waals surface area contributed by atoms with Gasteiger partial charge in [-0.15, -0.1) is 0 Å². The number of hydrogen-bond acceptors (Lipinski definition) is 3. The number of unbranched alkanes of at least 4 members (excludes halogenated alkanes) is 5. The zero-order chi connectivity index (χ0) is 23.1. The molecule has 0 aliphatic heterocycles. The van der Waals surface area contributed by atoms with Gasteiger partial charge in [-0.2, -0.15) is 0 Å². The summed E-state index contributed by atoms with van der Waals surface area (Å²) in [5.41, 5.74) is 2.54. The summed E-state index contributed by atoms with van der Waals surface area (Å²) in [6, 6.07) is 1.87. The summed E-state index contributed by atoms with van der Waals surface area (Å²) in [7, 11) is 0. The van der Waals surface area contributed by atoms with Crippen molar-refractivity contribution in [1.82, 2.24) is 0 Å². The van der Waals surface area contributed by atoms with Crippen LogP contribution in [0, 0.1) is 0 Å². The Bertz CT molecular complexity index is 692. The molecule has 1 rings (SSSR count). The fourth-order valence-corrected chi connectivity index (χ4v) is 4.07. The second-order valence-electron chi connectivity index (χ2n) is 10.6. The van der Waals surface area contributed by atoms with E-state index in [1.54, 1.807) is 0 Å². The van der Waals surface area contributed by atoms with Gasteiger partial charge in [-0.25, -0.2) is 0 Å². The molecule has 0 heterocycles. The summed E-state index contributed by atoms with van der Waals surface area (Å²) in [5, 5.41) is 20.8. The molecule has 4 nitrogen and oxygen atoms in total. The maximum absolute atomic E-state index is 11.6. The van der Waals surface area contributed by atoms with Gasteiger partial charge in [0.15, 0.2) is 0 Å². The molecule has 0 bridgehead atoms. The molecule has 0 aromatic heterocycles. The van der Waals surface area contributed by atoms with Gasteiger partial charge in [0.1, 0.15) is 5.75 Å². The van der Waals surface area contributed by atoms with E-state index in [0.29, 0.717) is 6.61 Å². The van der Waals surface area contributed by atoms with E-state index in [2.05, 4.69) is 27.7 Å². The van der Waals surface area contributed by atoms with Crippen LogP contribution < -0.4 is 0 Å². The van der Waals surface area contributed by atoms with Crippen LogP contribution in [0.5, 0.6) is 5.75 Å². The Morgan fingerprint density at radius 1 is 1.00 bits per heavy atom. The smallest absolute Gasteiger partial charge is 0.307 e. The van der Waals surface area contributed by atoms with Crippen molar-refractivity contribution in [2.45, 2.75) is 117 Å². The first-order chi connectivity index (χ1) is 13.8. The number of carbonyl (C=O) groups is 1. The Morgan fingerprint density at radius 3 is 2.07 bits per heavy atom. The molecular weight excluding hydrogens is 376 g/mol. The average Bonchev–Trinajstić information content (AvgIpc) is 2.59. The second kappa shape index (κ2) is 11.2. The van der Waals surface area contributed by atoms with Crippen molar-refractivity contribution in [2.24, 2.45) is 0 Å². The molecule has 0 spiro atoms. The van der Waals surface area contributed by atoms with Crippen LogP contribution in [0.25, 0.3) is 0 Å². The number of benzene rings is 1. The molecule has 1 unspecified atom stereocenters. The van der Waals surface area contributed by atoms with E-state index in [0.717, 1.165) is 35.1 Å². The minimum Gasteiger partial charge on any atom is -0.507 e. The number of carboxylic acid groups (broad SMARTS) is 1. The molecule has 0 aliphatic carbocycles. The standard InChI is InChI=1S/C26H44O4/c1-9-10-11-12-13-14-15-30-18(2)22-19(17-21(27)28)16-20(25(3,4)5)24(29)23(22)26(6,7)8/h16,18,29H,9-15,17H2,1-8H3,(H,27,28). The molecule has 0 aliphatic rings. The zero-order valence-electron chi connectivity index (χ0n) is 20.5. The summed E-state index contributed by atoms with van der Waals surface area (Å²) in [5.74, 6) is -0.598. The number of ether oxygens (including phenoxy) is 1. The topological polar surface area (TPSA) is 66.8 Å². The maximum Gasteiger partial charge on any atom is 0.307 e. The summed E-state index contributed by atoms with van der Waals surface area (Å²) in [6.45, 7) is 17.1. The van der Waals surface area contributed by atoms with Gasteiger partial charge in [-0.3, -0.25) is 4.79 Å².